The molecule has 2 unspecified atom stereocenters. The maximum Gasteiger partial charge on any atom is 0.412 e. The summed E-state index contributed by atoms with van der Waals surface area (Å²) in [7, 11) is 0. The van der Waals surface area contributed by atoms with Gasteiger partial charge in [0.2, 0.25) is 0 Å². The predicted molar refractivity (Wildman–Crippen MR) is 74.2 cm³/mol. The normalized spacial score (nSPS) is 22.3. The summed E-state index contributed by atoms with van der Waals surface area (Å²) >= 11 is 1.44. The van der Waals surface area contributed by atoms with Gasteiger partial charge in [0.25, 0.3) is 0 Å². The molecule has 0 aliphatic carbocycles. The second-order valence-corrected chi connectivity index (χ2v) is 5.59. The third-order valence-electron chi connectivity index (χ3n) is 3.25. The first-order valence-electron chi connectivity index (χ1n) is 6.15. The Labute approximate surface area is 119 Å². The summed E-state index contributed by atoms with van der Waals surface area (Å²) < 4.78 is 6.11. The summed E-state index contributed by atoms with van der Waals surface area (Å²) in [5.41, 5.74) is 6.44. The second-order valence-electron chi connectivity index (χ2n) is 4.53. The van der Waals surface area contributed by atoms with E-state index in [0.717, 1.165) is 10.2 Å². The number of cyclic esters (lactones) is 1. The lowest BCUT2D eigenvalue weighted by molar-refractivity contribution is -0.124. The standard InChI is InChI=1S/C13H13N3O3S/c1-7(17)11-10(16(6-14)13(18)19-11)12-15-8-4-2-3-5-9(8)20-12/h2-5,10-11H,6,14H2,1H3. The number of rotatable bonds is 3. The van der Waals surface area contributed by atoms with Gasteiger partial charge in [-0.3, -0.25) is 9.69 Å². The van der Waals surface area contributed by atoms with E-state index in [1.54, 1.807) is 0 Å². The first-order valence-corrected chi connectivity index (χ1v) is 6.96. The van der Waals surface area contributed by atoms with E-state index < -0.39 is 18.2 Å². The van der Waals surface area contributed by atoms with Crippen LogP contribution in [-0.2, 0) is 9.53 Å². The number of ketones is 1. The minimum Gasteiger partial charge on any atom is -0.435 e. The van der Waals surface area contributed by atoms with E-state index >= 15 is 0 Å². The quantitative estimate of drug-likeness (QED) is 0.929. The predicted octanol–water partition coefficient (Wildman–Crippen LogP) is 1.66. The molecular weight excluding hydrogens is 278 g/mol. The molecule has 0 spiro atoms. The van der Waals surface area contributed by atoms with Gasteiger partial charge < -0.3 is 10.5 Å². The van der Waals surface area contributed by atoms with Crippen LogP contribution in [0, 0.1) is 0 Å². The Balaban J connectivity index is 2.08. The fourth-order valence-corrected chi connectivity index (χ4v) is 3.40. The van der Waals surface area contributed by atoms with Crippen LogP contribution in [0.4, 0.5) is 4.79 Å². The average molecular weight is 291 g/mol. The maximum absolute atomic E-state index is 11.8. The number of para-hydroxylation sites is 1. The van der Waals surface area contributed by atoms with Gasteiger partial charge >= 0.3 is 6.09 Å². The number of aromatic nitrogens is 1. The topological polar surface area (TPSA) is 85.5 Å². The highest BCUT2D eigenvalue weighted by molar-refractivity contribution is 7.18. The van der Waals surface area contributed by atoms with Crippen LogP contribution in [-0.4, -0.2) is 34.5 Å². The van der Waals surface area contributed by atoms with Gasteiger partial charge in [-0.05, 0) is 19.1 Å². The molecule has 1 aliphatic heterocycles. The molecule has 0 saturated carbocycles. The van der Waals surface area contributed by atoms with Gasteiger partial charge in [-0.1, -0.05) is 12.1 Å². The fourth-order valence-electron chi connectivity index (χ4n) is 2.29. The Morgan fingerprint density at radius 3 is 2.90 bits per heavy atom. The van der Waals surface area contributed by atoms with Gasteiger partial charge in [0.15, 0.2) is 11.9 Å². The van der Waals surface area contributed by atoms with Crippen molar-refractivity contribution in [3.8, 4) is 0 Å². The SMILES string of the molecule is CC(=O)C1OC(=O)N(CN)C1c1nc2ccccc2s1. The molecule has 0 radical (unpaired) electrons. The lowest BCUT2D eigenvalue weighted by atomic mass is 10.1. The first kappa shape index (κ1) is 13.0. The third-order valence-corrected chi connectivity index (χ3v) is 4.35. The van der Waals surface area contributed by atoms with Crippen molar-refractivity contribution < 1.29 is 14.3 Å². The van der Waals surface area contributed by atoms with Crippen LogP contribution in [0.2, 0.25) is 0 Å². The van der Waals surface area contributed by atoms with Crippen LogP contribution >= 0.6 is 11.3 Å². The Morgan fingerprint density at radius 2 is 2.25 bits per heavy atom. The fraction of sp³-hybridized carbons (Fsp3) is 0.308. The first-order chi connectivity index (χ1) is 9.61. The molecule has 7 heteroatoms. The lowest BCUT2D eigenvalue weighted by Crippen LogP contribution is -2.35. The number of hydrogen-bond donors (Lipinski definition) is 1. The summed E-state index contributed by atoms with van der Waals surface area (Å²) in [5.74, 6) is -0.210. The number of carbonyl (C=O) groups excluding carboxylic acids is 2. The largest absolute Gasteiger partial charge is 0.435 e. The molecule has 1 aliphatic rings. The highest BCUT2D eigenvalue weighted by atomic mass is 32.1. The number of fused-ring (bicyclic) bond motifs is 1. The van der Waals surface area contributed by atoms with Crippen LogP contribution in [0.25, 0.3) is 10.2 Å². The van der Waals surface area contributed by atoms with Gasteiger partial charge in [0.1, 0.15) is 11.0 Å². The number of thiazole rings is 1. The number of nitrogens with zero attached hydrogens (tertiary/aromatic N) is 2. The Hall–Kier alpha value is -1.99. The maximum atomic E-state index is 11.8. The molecule has 1 aromatic heterocycles. The van der Waals surface area contributed by atoms with E-state index in [1.165, 1.54) is 23.2 Å². The molecule has 2 N–H and O–H groups in total. The summed E-state index contributed by atoms with van der Waals surface area (Å²) in [6.45, 7) is 1.39. The van der Waals surface area contributed by atoms with Gasteiger partial charge in [-0.2, -0.15) is 0 Å². The van der Waals surface area contributed by atoms with Crippen molar-refractivity contribution in [3.05, 3.63) is 29.3 Å². The summed E-state index contributed by atoms with van der Waals surface area (Å²) in [6, 6.07) is 7.11. The Morgan fingerprint density at radius 1 is 1.50 bits per heavy atom. The van der Waals surface area contributed by atoms with Crippen LogP contribution in [0.1, 0.15) is 18.0 Å². The van der Waals surface area contributed by atoms with Crippen molar-refractivity contribution >= 4 is 33.4 Å². The minimum atomic E-state index is -0.841. The molecule has 1 saturated heterocycles. The van der Waals surface area contributed by atoms with Gasteiger partial charge in [-0.25, -0.2) is 9.78 Å². The molecule has 20 heavy (non-hydrogen) atoms. The van der Waals surface area contributed by atoms with Gasteiger partial charge in [0, 0.05) is 0 Å². The molecule has 2 atom stereocenters. The van der Waals surface area contributed by atoms with Crippen molar-refractivity contribution in [3.63, 3.8) is 0 Å². The average Bonchev–Trinajstić information content (AvgIpc) is 2.98. The van der Waals surface area contributed by atoms with E-state index in [2.05, 4.69) is 4.98 Å². The summed E-state index contributed by atoms with van der Waals surface area (Å²) in [6.07, 6.45) is -1.41. The molecule has 1 aromatic carbocycles. The second kappa shape index (κ2) is 4.84. The molecule has 6 nitrogen and oxygen atoms in total. The number of amides is 1. The van der Waals surface area contributed by atoms with E-state index in [9.17, 15) is 9.59 Å². The molecule has 1 amide bonds. The lowest BCUT2D eigenvalue weighted by Gasteiger charge is -2.19. The molecule has 2 aromatic rings. The van der Waals surface area contributed by atoms with Gasteiger partial charge in [0.05, 0.1) is 16.9 Å². The molecule has 1 fully saturated rings. The van der Waals surface area contributed by atoms with Crippen molar-refractivity contribution in [2.24, 2.45) is 5.73 Å². The number of ether oxygens (including phenoxy) is 1. The van der Waals surface area contributed by atoms with Crippen LogP contribution in [0.15, 0.2) is 24.3 Å². The molecular formula is C13H13N3O3S. The summed E-state index contributed by atoms with van der Waals surface area (Å²) in [4.78, 5) is 29.3. The summed E-state index contributed by atoms with van der Waals surface area (Å²) in [5, 5.41) is 0.669. The van der Waals surface area contributed by atoms with Crippen LogP contribution < -0.4 is 5.73 Å². The number of benzene rings is 1. The van der Waals surface area contributed by atoms with E-state index in [0.29, 0.717) is 5.01 Å². The smallest absolute Gasteiger partial charge is 0.412 e. The number of carbonyl (C=O) groups is 2. The molecule has 3 rings (SSSR count). The van der Waals surface area contributed by atoms with Crippen molar-refractivity contribution in [2.45, 2.75) is 19.1 Å². The molecule has 104 valence electrons. The minimum absolute atomic E-state index is 0.0107. The van der Waals surface area contributed by atoms with Gasteiger partial charge in [-0.15, -0.1) is 11.3 Å². The van der Waals surface area contributed by atoms with Crippen molar-refractivity contribution in [1.82, 2.24) is 9.88 Å². The number of nitrogens with two attached hydrogens (primary N) is 1. The molecule has 0 bridgehead atoms. The van der Waals surface area contributed by atoms with Crippen molar-refractivity contribution in [2.75, 3.05) is 6.67 Å². The zero-order chi connectivity index (χ0) is 14.3. The highest BCUT2D eigenvalue weighted by Crippen LogP contribution is 2.37. The zero-order valence-corrected chi connectivity index (χ0v) is 11.6. The Bertz CT molecular complexity index is 651. The van der Waals surface area contributed by atoms with E-state index in [-0.39, 0.29) is 12.5 Å². The third kappa shape index (κ3) is 1.95. The number of Topliss-reactive ketones (excluding diaryl/α,β-unsaturated/α-hetero) is 1. The van der Waals surface area contributed by atoms with Crippen LogP contribution in [0.5, 0.6) is 0 Å². The monoisotopic (exact) mass is 291 g/mol. The highest BCUT2D eigenvalue weighted by Gasteiger charge is 2.46. The van der Waals surface area contributed by atoms with Crippen molar-refractivity contribution in [1.29, 1.82) is 0 Å². The van der Waals surface area contributed by atoms with E-state index in [1.807, 2.05) is 24.3 Å². The van der Waals surface area contributed by atoms with Crippen LogP contribution in [0.3, 0.4) is 0 Å². The molecule has 2 heterocycles. The van der Waals surface area contributed by atoms with E-state index in [4.69, 9.17) is 10.5 Å². The zero-order valence-electron chi connectivity index (χ0n) is 10.8. The number of hydrogen-bond acceptors (Lipinski definition) is 6. The Kier molecular flexibility index (Phi) is 3.15.